The van der Waals surface area contributed by atoms with Gasteiger partial charge in [0.15, 0.2) is 25.0 Å². The highest BCUT2D eigenvalue weighted by molar-refractivity contribution is 7.80. The number of rotatable bonds is 16. The highest BCUT2D eigenvalue weighted by atomic mass is 32.3. The highest BCUT2D eigenvalue weighted by Gasteiger charge is 2.79. The SMILES string of the molecule is C=C(C)CCC[C@](C)(OC(C)=O)[C@H]1[C@@H]2C[C@@]3(C)C4=CC[C@H]5C(C)(C)[C@@H](O[C@@H]6OC[C@@H](O[C@@H]7O[C@H](CO)[C@@H](O)[C@H](O)[C@H]7OS(=O)(=O)O)[C@H](O)[C@H]6O[C@@H]6O[C@H](CO)[C@@H](O)[C@H](O)[C@H]6O)CC[C@]5(C)[C@@H]4CC[C@]13C(=O)O2. The summed E-state index contributed by atoms with van der Waals surface area (Å²) in [4.78, 5) is 27.1. The van der Waals surface area contributed by atoms with Crippen LogP contribution in [0.25, 0.3) is 0 Å². The van der Waals surface area contributed by atoms with Gasteiger partial charge in [-0.2, -0.15) is 8.42 Å². The second-order valence-corrected chi connectivity index (χ2v) is 24.1. The third-order valence-corrected chi connectivity index (χ3v) is 18.8. The third-order valence-electron chi connectivity index (χ3n) is 18.3. The van der Waals surface area contributed by atoms with E-state index in [9.17, 15) is 63.4 Å². The number of allylic oxidation sites excluding steroid dienone is 3. The lowest BCUT2D eigenvalue weighted by Gasteiger charge is -2.64. The molecule has 410 valence electrons. The topological polar surface area (TPSA) is 333 Å². The van der Waals surface area contributed by atoms with Crippen LogP contribution in [0, 0.1) is 39.4 Å². The molecule has 3 saturated carbocycles. The molecule has 1 spiro atoms. The van der Waals surface area contributed by atoms with Gasteiger partial charge in [-0.15, -0.1) is 6.58 Å². The minimum absolute atomic E-state index is 0.00351. The largest absolute Gasteiger partial charge is 0.461 e. The number of aliphatic hydroxyl groups excluding tert-OH is 8. The third kappa shape index (κ3) is 9.44. The molecule has 9 N–H and O–H groups in total. The second kappa shape index (κ2) is 20.3. The molecule has 0 aromatic rings. The van der Waals surface area contributed by atoms with Gasteiger partial charge in [0.1, 0.15) is 72.7 Å². The summed E-state index contributed by atoms with van der Waals surface area (Å²) in [6.45, 7) is 15.9. The number of esters is 2. The molecule has 0 aromatic carbocycles. The molecule has 8 aliphatic rings. The summed E-state index contributed by atoms with van der Waals surface area (Å²) in [7, 11) is -5.31. The number of hydrogen-bond acceptors (Lipinski definition) is 21. The Kier molecular flexibility index (Phi) is 15.7. The van der Waals surface area contributed by atoms with Crippen molar-refractivity contribution in [3.63, 3.8) is 0 Å². The van der Waals surface area contributed by atoms with Gasteiger partial charge in [0, 0.05) is 12.3 Å². The van der Waals surface area contributed by atoms with E-state index in [1.165, 1.54) is 12.5 Å². The fourth-order valence-electron chi connectivity index (χ4n) is 15.0. The molecule has 22 nitrogen and oxygen atoms in total. The van der Waals surface area contributed by atoms with E-state index in [1.807, 2.05) is 13.8 Å². The lowest BCUT2D eigenvalue weighted by atomic mass is 9.40. The Morgan fingerprint density at radius 1 is 0.847 bits per heavy atom. The van der Waals surface area contributed by atoms with E-state index < -0.39 is 156 Å². The zero-order chi connectivity index (χ0) is 52.8. The smallest absolute Gasteiger partial charge is 0.397 e. The first kappa shape index (κ1) is 55.9. The van der Waals surface area contributed by atoms with Crippen LogP contribution in [0.15, 0.2) is 23.8 Å². The molecule has 23 heteroatoms. The van der Waals surface area contributed by atoms with Crippen molar-refractivity contribution in [3.8, 4) is 0 Å². The van der Waals surface area contributed by atoms with Gasteiger partial charge in [-0.05, 0) is 94.3 Å². The monoisotopic (exact) mass is 1050 g/mol. The van der Waals surface area contributed by atoms with E-state index in [4.69, 9.17) is 37.9 Å². The Hall–Kier alpha value is -2.27. The quantitative estimate of drug-likeness (QED) is 0.0576. The number of ether oxygens (including phenoxy) is 8. The molecule has 23 atom stereocenters. The van der Waals surface area contributed by atoms with Gasteiger partial charge >= 0.3 is 22.3 Å². The summed E-state index contributed by atoms with van der Waals surface area (Å²) in [6, 6.07) is 0. The van der Waals surface area contributed by atoms with E-state index in [0.717, 1.165) is 18.4 Å². The molecule has 4 heterocycles. The Labute approximate surface area is 419 Å². The normalized spacial score (nSPS) is 47.5. The zero-order valence-electron chi connectivity index (χ0n) is 42.0. The van der Waals surface area contributed by atoms with Crippen LogP contribution in [0.2, 0.25) is 0 Å². The van der Waals surface area contributed by atoms with E-state index in [-0.39, 0.29) is 29.1 Å². The van der Waals surface area contributed by atoms with Crippen LogP contribution in [0.4, 0.5) is 0 Å². The van der Waals surface area contributed by atoms with Crippen LogP contribution in [-0.4, -0.2) is 189 Å². The molecular formula is C49H76O22S. The summed E-state index contributed by atoms with van der Waals surface area (Å²) >= 11 is 0. The van der Waals surface area contributed by atoms with Gasteiger partial charge in [0.25, 0.3) is 0 Å². The van der Waals surface area contributed by atoms with Gasteiger partial charge in [0.2, 0.25) is 0 Å². The van der Waals surface area contributed by atoms with E-state index in [1.54, 1.807) is 0 Å². The first-order valence-corrected chi connectivity index (χ1v) is 26.5. The van der Waals surface area contributed by atoms with Gasteiger partial charge in [-0.25, -0.2) is 4.18 Å². The first-order valence-electron chi connectivity index (χ1n) is 25.2. The molecule has 4 aliphatic heterocycles. The van der Waals surface area contributed by atoms with Crippen LogP contribution in [-0.2, 0) is 62.1 Å². The van der Waals surface area contributed by atoms with Crippen LogP contribution < -0.4 is 0 Å². The standard InChI is InChI=1S/C49H76O22S/c1-22(2)10-9-15-48(8,70-23(3)52)40-26-18-47(7)25-11-12-30-45(4,5)31(14-16-46(30,6)24(25)13-17-49(40,47)44(59)67-26)68-42-38(69-41-37(58)35(56)32(53)27(19-50)64-41)34(55)29(21-63-42)66-43-39(71-72(60,61)62)36(57)33(54)28(20-51)65-43/h11,24,26-43,50-51,53-58H,1,9-10,12-21H2,2-8H3,(H,60,61,62)/t24-,26+,27-,28-,29-,30+,31+,32-,33-,34+,35+,36+,37-,38-,39-,40-,41+,42+,43+,46-,47+,48+,49-/m1/s1. The lowest BCUT2D eigenvalue weighted by Crippen LogP contribution is -2.66. The van der Waals surface area contributed by atoms with Gasteiger partial charge < -0.3 is 78.7 Å². The fourth-order valence-corrected chi connectivity index (χ4v) is 15.4. The predicted octanol–water partition coefficient (Wildman–Crippen LogP) is 0.475. The van der Waals surface area contributed by atoms with Gasteiger partial charge in [-0.1, -0.05) is 44.9 Å². The van der Waals surface area contributed by atoms with Crippen molar-refractivity contribution in [3.05, 3.63) is 23.8 Å². The molecule has 0 aromatic heterocycles. The number of aliphatic hydroxyl groups is 8. The summed E-state index contributed by atoms with van der Waals surface area (Å²) in [6.07, 6.45) is -18.0. The molecule has 0 radical (unpaired) electrons. The average molecular weight is 1050 g/mol. The van der Waals surface area contributed by atoms with Crippen molar-refractivity contribution in [2.24, 2.45) is 39.4 Å². The summed E-state index contributed by atoms with van der Waals surface area (Å²) in [5, 5.41) is 85.4. The summed E-state index contributed by atoms with van der Waals surface area (Å²) in [5.74, 6) is -0.910. The van der Waals surface area contributed by atoms with Crippen molar-refractivity contribution >= 4 is 22.3 Å². The number of carbonyl (C=O) groups excluding carboxylic acids is 2. The van der Waals surface area contributed by atoms with Crippen molar-refractivity contribution in [2.45, 2.75) is 210 Å². The van der Waals surface area contributed by atoms with Gasteiger partial charge in [0.05, 0.1) is 37.3 Å². The maximum absolute atomic E-state index is 14.4. The Bertz CT molecular complexity index is 2170. The number of carbonyl (C=O) groups is 2. The fraction of sp³-hybridized carbons (Fsp3) is 0.878. The zero-order valence-corrected chi connectivity index (χ0v) is 42.8. The molecular weight excluding hydrogens is 973 g/mol. The van der Waals surface area contributed by atoms with E-state index in [2.05, 4.69) is 44.5 Å². The van der Waals surface area contributed by atoms with Crippen molar-refractivity contribution in [1.29, 1.82) is 0 Å². The van der Waals surface area contributed by atoms with E-state index >= 15 is 0 Å². The molecule has 7 fully saturated rings. The average Bonchev–Trinajstić information content (AvgIpc) is 3.73. The minimum Gasteiger partial charge on any atom is -0.461 e. The molecule has 2 bridgehead atoms. The Morgan fingerprint density at radius 2 is 1.50 bits per heavy atom. The van der Waals surface area contributed by atoms with Crippen molar-refractivity contribution < 1.29 is 105 Å². The first-order chi connectivity index (χ1) is 33.6. The molecule has 0 amide bonds. The van der Waals surface area contributed by atoms with Crippen LogP contribution in [0.3, 0.4) is 0 Å². The Balaban J connectivity index is 1.06. The van der Waals surface area contributed by atoms with E-state index in [0.29, 0.717) is 44.9 Å². The number of fused-ring (bicyclic) bond motifs is 5. The predicted molar refractivity (Wildman–Crippen MR) is 246 cm³/mol. The molecule has 72 heavy (non-hydrogen) atoms. The van der Waals surface area contributed by atoms with Gasteiger partial charge in [-0.3, -0.25) is 14.1 Å². The molecule has 8 rings (SSSR count). The van der Waals surface area contributed by atoms with Crippen LogP contribution >= 0.6 is 0 Å². The summed E-state index contributed by atoms with van der Waals surface area (Å²) < 4.78 is 86.5. The lowest BCUT2D eigenvalue weighted by molar-refractivity contribution is -0.381. The number of hydrogen-bond donors (Lipinski definition) is 9. The Morgan fingerprint density at radius 3 is 2.12 bits per heavy atom. The minimum atomic E-state index is -5.31. The van der Waals surface area contributed by atoms with Crippen LogP contribution in [0.1, 0.15) is 106 Å². The molecule has 4 saturated heterocycles. The summed E-state index contributed by atoms with van der Waals surface area (Å²) in [5.41, 5.74) is -1.07. The van der Waals surface area contributed by atoms with Crippen molar-refractivity contribution in [1.82, 2.24) is 0 Å². The maximum atomic E-state index is 14.4. The highest BCUT2D eigenvalue weighted by Crippen LogP contribution is 2.77. The molecule has 0 unspecified atom stereocenters. The van der Waals surface area contributed by atoms with Crippen molar-refractivity contribution in [2.75, 3.05) is 19.8 Å². The maximum Gasteiger partial charge on any atom is 0.397 e. The second-order valence-electron chi connectivity index (χ2n) is 23.0. The van der Waals surface area contributed by atoms with Crippen LogP contribution in [0.5, 0.6) is 0 Å². The molecule has 4 aliphatic carbocycles.